The highest BCUT2D eigenvalue weighted by molar-refractivity contribution is 5.37. The van der Waals surface area contributed by atoms with Crippen LogP contribution in [-0.4, -0.2) is 55.1 Å². The summed E-state index contributed by atoms with van der Waals surface area (Å²) in [6, 6.07) is 10.7. The minimum absolute atomic E-state index is 0.497. The van der Waals surface area contributed by atoms with Crippen molar-refractivity contribution < 1.29 is 0 Å². The lowest BCUT2D eigenvalue weighted by Crippen LogP contribution is -2.54. The third-order valence-corrected chi connectivity index (χ3v) is 5.06. The molecule has 0 spiro atoms. The van der Waals surface area contributed by atoms with Crippen molar-refractivity contribution in [3.63, 3.8) is 0 Å². The molecule has 0 radical (unpaired) electrons. The number of likely N-dealkylation sites (N-methyl/N-ethyl adjacent to an activating group) is 1. The molecule has 1 N–H and O–H groups in total. The molecule has 2 aliphatic rings. The van der Waals surface area contributed by atoms with Crippen LogP contribution in [0.1, 0.15) is 31.0 Å². The number of hydrogen-bond acceptors (Lipinski definition) is 3. The van der Waals surface area contributed by atoms with Crippen LogP contribution in [0.5, 0.6) is 0 Å². The minimum atomic E-state index is 0.497. The largest absolute Gasteiger partial charge is 0.312 e. The molecule has 1 saturated heterocycles. The van der Waals surface area contributed by atoms with Gasteiger partial charge in [0.2, 0.25) is 0 Å². The lowest BCUT2D eigenvalue weighted by atomic mass is 10.1. The first-order chi connectivity index (χ1) is 9.70. The van der Waals surface area contributed by atoms with Gasteiger partial charge in [-0.25, -0.2) is 0 Å². The first-order valence-electron chi connectivity index (χ1n) is 7.94. The summed E-state index contributed by atoms with van der Waals surface area (Å²) in [5.41, 5.74) is 3.04. The number of fused-ring (bicyclic) bond motifs is 1. The molecular weight excluding hydrogens is 246 g/mol. The highest BCUT2D eigenvalue weighted by Crippen LogP contribution is 2.34. The Labute approximate surface area is 123 Å². The molecule has 3 heteroatoms. The summed E-state index contributed by atoms with van der Waals surface area (Å²) >= 11 is 0. The van der Waals surface area contributed by atoms with E-state index in [1.165, 1.54) is 43.7 Å². The quantitative estimate of drug-likeness (QED) is 0.907. The topological polar surface area (TPSA) is 18.5 Å². The van der Waals surface area contributed by atoms with E-state index in [2.05, 4.69) is 60.3 Å². The van der Waals surface area contributed by atoms with E-state index in [0.717, 1.165) is 0 Å². The van der Waals surface area contributed by atoms with Gasteiger partial charge in [-0.2, -0.15) is 0 Å². The van der Waals surface area contributed by atoms with Gasteiger partial charge in [0.1, 0.15) is 0 Å². The third-order valence-electron chi connectivity index (χ3n) is 5.06. The van der Waals surface area contributed by atoms with Crippen LogP contribution >= 0.6 is 0 Å². The highest BCUT2D eigenvalue weighted by atomic mass is 15.3. The zero-order chi connectivity index (χ0) is 14.1. The van der Waals surface area contributed by atoms with Gasteiger partial charge in [-0.1, -0.05) is 24.3 Å². The van der Waals surface area contributed by atoms with Crippen LogP contribution in [0.4, 0.5) is 0 Å². The van der Waals surface area contributed by atoms with Crippen molar-refractivity contribution in [3.05, 3.63) is 35.4 Å². The zero-order valence-corrected chi connectivity index (χ0v) is 13.0. The average molecular weight is 273 g/mol. The van der Waals surface area contributed by atoms with Gasteiger partial charge >= 0.3 is 0 Å². The van der Waals surface area contributed by atoms with E-state index in [9.17, 15) is 0 Å². The molecule has 0 amide bonds. The molecule has 0 saturated carbocycles. The maximum atomic E-state index is 3.55. The highest BCUT2D eigenvalue weighted by Gasteiger charge is 2.36. The normalized spacial score (nSPS) is 28.0. The van der Waals surface area contributed by atoms with Crippen LogP contribution in [0.25, 0.3) is 0 Å². The zero-order valence-electron chi connectivity index (χ0n) is 13.0. The first kappa shape index (κ1) is 14.1. The first-order valence-corrected chi connectivity index (χ1v) is 7.94. The molecule has 0 bridgehead atoms. The Balaban J connectivity index is 1.70. The van der Waals surface area contributed by atoms with Crippen LogP contribution in [0.3, 0.4) is 0 Å². The van der Waals surface area contributed by atoms with Crippen molar-refractivity contribution in [2.75, 3.05) is 33.2 Å². The van der Waals surface area contributed by atoms with E-state index in [1.807, 2.05) is 0 Å². The van der Waals surface area contributed by atoms with Crippen LogP contribution in [0, 0.1) is 0 Å². The molecule has 2 unspecified atom stereocenters. The molecule has 110 valence electrons. The fourth-order valence-corrected chi connectivity index (χ4v) is 3.85. The maximum absolute atomic E-state index is 3.55. The smallest absolute Gasteiger partial charge is 0.0481 e. The fourth-order valence-electron chi connectivity index (χ4n) is 3.85. The Morgan fingerprint density at radius 3 is 2.45 bits per heavy atom. The van der Waals surface area contributed by atoms with Crippen LogP contribution in [-0.2, 0) is 6.42 Å². The van der Waals surface area contributed by atoms with Crippen molar-refractivity contribution in [2.24, 2.45) is 0 Å². The van der Waals surface area contributed by atoms with E-state index >= 15 is 0 Å². The number of rotatable bonds is 3. The summed E-state index contributed by atoms with van der Waals surface area (Å²) in [6.45, 7) is 9.43. The summed E-state index contributed by atoms with van der Waals surface area (Å²) in [6.07, 6.45) is 1.20. The minimum Gasteiger partial charge on any atom is -0.312 e. The third kappa shape index (κ3) is 2.50. The van der Waals surface area contributed by atoms with Gasteiger partial charge in [-0.15, -0.1) is 0 Å². The number of benzene rings is 1. The monoisotopic (exact) mass is 273 g/mol. The molecule has 3 nitrogen and oxygen atoms in total. The Morgan fingerprint density at radius 2 is 1.80 bits per heavy atom. The van der Waals surface area contributed by atoms with Crippen molar-refractivity contribution >= 4 is 0 Å². The average Bonchev–Trinajstić information content (AvgIpc) is 2.85. The lowest BCUT2D eigenvalue weighted by Gasteiger charge is -2.41. The summed E-state index contributed by atoms with van der Waals surface area (Å²) in [4.78, 5) is 5.28. The maximum Gasteiger partial charge on any atom is 0.0481 e. The molecule has 1 aliphatic heterocycles. The van der Waals surface area contributed by atoms with E-state index in [4.69, 9.17) is 0 Å². The van der Waals surface area contributed by atoms with Crippen LogP contribution < -0.4 is 5.32 Å². The van der Waals surface area contributed by atoms with Crippen LogP contribution in [0.15, 0.2) is 24.3 Å². The van der Waals surface area contributed by atoms with Crippen molar-refractivity contribution in [2.45, 2.75) is 38.4 Å². The molecule has 1 aromatic rings. The molecule has 1 fully saturated rings. The molecule has 1 aliphatic carbocycles. The van der Waals surface area contributed by atoms with E-state index < -0.39 is 0 Å². The van der Waals surface area contributed by atoms with Crippen molar-refractivity contribution in [1.82, 2.24) is 15.1 Å². The Hall–Kier alpha value is -0.900. The fraction of sp³-hybridized carbons (Fsp3) is 0.647. The molecule has 20 heavy (non-hydrogen) atoms. The van der Waals surface area contributed by atoms with Gasteiger partial charge in [0.25, 0.3) is 0 Å². The summed E-state index contributed by atoms with van der Waals surface area (Å²) in [5.74, 6) is 0. The van der Waals surface area contributed by atoms with Gasteiger partial charge in [-0.3, -0.25) is 9.80 Å². The Kier molecular flexibility index (Phi) is 4.11. The summed E-state index contributed by atoms with van der Waals surface area (Å²) in [5, 5.41) is 3.55. The predicted molar refractivity (Wildman–Crippen MR) is 84.0 cm³/mol. The number of nitrogens with zero attached hydrogens (tertiary/aromatic N) is 2. The van der Waals surface area contributed by atoms with Crippen molar-refractivity contribution in [3.8, 4) is 0 Å². The molecule has 2 atom stereocenters. The van der Waals surface area contributed by atoms with Gasteiger partial charge < -0.3 is 5.32 Å². The summed E-state index contributed by atoms with van der Waals surface area (Å²) < 4.78 is 0. The second-order valence-corrected chi connectivity index (χ2v) is 6.40. The second-order valence-electron chi connectivity index (χ2n) is 6.40. The number of nitrogens with one attached hydrogen (secondary N) is 1. The van der Waals surface area contributed by atoms with Crippen molar-refractivity contribution in [1.29, 1.82) is 0 Å². The molecule has 3 rings (SSSR count). The van der Waals surface area contributed by atoms with E-state index in [1.54, 1.807) is 0 Å². The molecular formula is C17H27N3. The molecule has 1 aromatic carbocycles. The summed E-state index contributed by atoms with van der Waals surface area (Å²) in [7, 11) is 2.10. The second kappa shape index (κ2) is 5.84. The van der Waals surface area contributed by atoms with Gasteiger partial charge in [-0.05, 0) is 38.4 Å². The number of piperazine rings is 1. The van der Waals surface area contributed by atoms with Crippen LogP contribution in [0.2, 0.25) is 0 Å². The van der Waals surface area contributed by atoms with Gasteiger partial charge in [0.15, 0.2) is 0 Å². The SMILES string of the molecule is CNC1c2ccccc2CC1N1CCN(C(C)C)CC1. The van der Waals surface area contributed by atoms with Gasteiger partial charge in [0.05, 0.1) is 0 Å². The predicted octanol–water partition coefficient (Wildman–Crippen LogP) is 1.90. The molecule has 0 aromatic heterocycles. The van der Waals surface area contributed by atoms with E-state index in [-0.39, 0.29) is 0 Å². The Morgan fingerprint density at radius 1 is 1.10 bits per heavy atom. The molecule has 1 heterocycles. The lowest BCUT2D eigenvalue weighted by molar-refractivity contribution is 0.0690. The standard InChI is InChI=1S/C17H27N3/c1-13(2)19-8-10-20(11-9-19)16-12-14-6-4-5-7-15(14)17(16)18-3/h4-7,13,16-18H,8-12H2,1-3H3. The Bertz CT molecular complexity index is 449. The van der Waals surface area contributed by atoms with E-state index in [0.29, 0.717) is 18.1 Å². The van der Waals surface area contributed by atoms with Gasteiger partial charge in [0, 0.05) is 44.3 Å². The number of hydrogen-bond donors (Lipinski definition) is 1.